The van der Waals surface area contributed by atoms with Gasteiger partial charge in [-0.2, -0.15) is 0 Å². The first-order chi connectivity index (χ1) is 11.7. The first-order valence-corrected chi connectivity index (χ1v) is 11.3. The van der Waals surface area contributed by atoms with Crippen molar-refractivity contribution in [2.75, 3.05) is 0 Å². The molecule has 2 aliphatic rings. The molecule has 0 atom stereocenters. The molecule has 3 rings (SSSR count). The molecule has 0 spiro atoms. The minimum Gasteiger partial charge on any atom is -0.0654 e. The summed E-state index contributed by atoms with van der Waals surface area (Å²) in [5.74, 6) is 2.08. The average Bonchev–Trinajstić information content (AvgIpc) is 2.64. The van der Waals surface area contributed by atoms with Gasteiger partial charge in [-0.1, -0.05) is 86.4 Å². The molecule has 0 saturated heterocycles. The molecular formula is C23H35Br. The Morgan fingerprint density at radius 2 is 1.50 bits per heavy atom. The Morgan fingerprint density at radius 3 is 2.12 bits per heavy atom. The van der Waals surface area contributed by atoms with Crippen LogP contribution in [0.25, 0.3) is 0 Å². The standard InChI is InChI=1S/C23H35Br/c1-2-3-7-16-23(21-10-12-22(24)13-11-21)17-14-20(15-18-23)19-8-5-4-6-9-19/h10-13,19-20H,2-9,14-18H2,1H3. The molecule has 1 aromatic carbocycles. The summed E-state index contributed by atoms with van der Waals surface area (Å²) >= 11 is 3.61. The smallest absolute Gasteiger partial charge is 0.0175 e. The van der Waals surface area contributed by atoms with Crippen molar-refractivity contribution in [3.63, 3.8) is 0 Å². The molecule has 2 saturated carbocycles. The molecule has 0 radical (unpaired) electrons. The van der Waals surface area contributed by atoms with Gasteiger partial charge >= 0.3 is 0 Å². The second-order valence-corrected chi connectivity index (χ2v) is 9.40. The number of rotatable bonds is 6. The van der Waals surface area contributed by atoms with Crippen molar-refractivity contribution >= 4 is 15.9 Å². The molecular weight excluding hydrogens is 356 g/mol. The van der Waals surface area contributed by atoms with E-state index in [1.807, 2.05) is 0 Å². The van der Waals surface area contributed by atoms with Crippen molar-refractivity contribution in [3.8, 4) is 0 Å². The van der Waals surface area contributed by atoms with Crippen molar-refractivity contribution in [1.82, 2.24) is 0 Å². The number of hydrogen-bond acceptors (Lipinski definition) is 0. The summed E-state index contributed by atoms with van der Waals surface area (Å²) in [6, 6.07) is 9.31. The van der Waals surface area contributed by atoms with E-state index < -0.39 is 0 Å². The third-order valence-corrected chi connectivity index (χ3v) is 7.55. The lowest BCUT2D eigenvalue weighted by Gasteiger charge is -2.44. The summed E-state index contributed by atoms with van der Waals surface area (Å²) in [5, 5.41) is 0. The molecule has 134 valence electrons. The van der Waals surface area contributed by atoms with Crippen LogP contribution in [0.15, 0.2) is 28.7 Å². The highest BCUT2D eigenvalue weighted by atomic mass is 79.9. The van der Waals surface area contributed by atoms with Gasteiger partial charge in [0.1, 0.15) is 0 Å². The van der Waals surface area contributed by atoms with Gasteiger partial charge < -0.3 is 0 Å². The lowest BCUT2D eigenvalue weighted by atomic mass is 9.61. The van der Waals surface area contributed by atoms with Crippen molar-refractivity contribution in [3.05, 3.63) is 34.3 Å². The number of halogens is 1. The van der Waals surface area contributed by atoms with Crippen LogP contribution in [0, 0.1) is 11.8 Å². The van der Waals surface area contributed by atoms with E-state index in [0.29, 0.717) is 5.41 Å². The molecule has 0 amide bonds. The van der Waals surface area contributed by atoms with Crippen LogP contribution in [0.5, 0.6) is 0 Å². The highest BCUT2D eigenvalue weighted by molar-refractivity contribution is 9.10. The van der Waals surface area contributed by atoms with Crippen LogP contribution in [-0.4, -0.2) is 0 Å². The van der Waals surface area contributed by atoms with Gasteiger partial charge in [-0.05, 0) is 67.1 Å². The Bertz CT molecular complexity index is 475. The molecule has 2 fully saturated rings. The zero-order valence-electron chi connectivity index (χ0n) is 15.5. The fraction of sp³-hybridized carbons (Fsp3) is 0.739. The van der Waals surface area contributed by atoms with Gasteiger partial charge in [0.25, 0.3) is 0 Å². The van der Waals surface area contributed by atoms with Crippen LogP contribution < -0.4 is 0 Å². The van der Waals surface area contributed by atoms with E-state index in [1.54, 1.807) is 5.56 Å². The van der Waals surface area contributed by atoms with Gasteiger partial charge in [-0.3, -0.25) is 0 Å². The predicted octanol–water partition coefficient (Wildman–Crippen LogP) is 8.04. The van der Waals surface area contributed by atoms with Crippen LogP contribution in [0.3, 0.4) is 0 Å². The molecule has 0 aliphatic heterocycles. The Kier molecular flexibility index (Phi) is 6.84. The van der Waals surface area contributed by atoms with Crippen LogP contribution in [0.2, 0.25) is 0 Å². The summed E-state index contributed by atoms with van der Waals surface area (Å²) in [7, 11) is 0. The molecule has 0 nitrogen and oxygen atoms in total. The van der Waals surface area contributed by atoms with Crippen LogP contribution in [0.4, 0.5) is 0 Å². The maximum atomic E-state index is 3.61. The summed E-state index contributed by atoms with van der Waals surface area (Å²) < 4.78 is 1.21. The fourth-order valence-corrected chi connectivity index (χ4v) is 5.73. The summed E-state index contributed by atoms with van der Waals surface area (Å²) in [5.41, 5.74) is 2.09. The predicted molar refractivity (Wildman–Crippen MR) is 108 cm³/mol. The Balaban J connectivity index is 1.68. The summed E-state index contributed by atoms with van der Waals surface area (Å²) in [4.78, 5) is 0. The molecule has 0 aromatic heterocycles. The normalized spacial score (nSPS) is 28.8. The lowest BCUT2D eigenvalue weighted by molar-refractivity contribution is 0.141. The van der Waals surface area contributed by atoms with Crippen molar-refractivity contribution < 1.29 is 0 Å². The number of hydrogen-bond donors (Lipinski definition) is 0. The number of benzene rings is 1. The van der Waals surface area contributed by atoms with E-state index in [1.165, 1.54) is 87.9 Å². The van der Waals surface area contributed by atoms with Gasteiger partial charge in [0, 0.05) is 4.47 Å². The van der Waals surface area contributed by atoms with Crippen LogP contribution >= 0.6 is 15.9 Å². The Hall–Kier alpha value is -0.300. The SMILES string of the molecule is CCCCCC1(c2ccc(Br)cc2)CCC(C2CCCCC2)CC1. The second kappa shape index (κ2) is 8.88. The lowest BCUT2D eigenvalue weighted by Crippen LogP contribution is -2.34. The minimum atomic E-state index is 0.473. The van der Waals surface area contributed by atoms with Gasteiger partial charge in [-0.25, -0.2) is 0 Å². The first-order valence-electron chi connectivity index (χ1n) is 10.5. The van der Waals surface area contributed by atoms with E-state index in [9.17, 15) is 0 Å². The summed E-state index contributed by atoms with van der Waals surface area (Å²) in [6.07, 6.45) is 18.9. The van der Waals surface area contributed by atoms with E-state index in [4.69, 9.17) is 0 Å². The third-order valence-electron chi connectivity index (χ3n) is 7.02. The van der Waals surface area contributed by atoms with Crippen molar-refractivity contribution in [1.29, 1.82) is 0 Å². The minimum absolute atomic E-state index is 0.473. The average molecular weight is 391 g/mol. The topological polar surface area (TPSA) is 0 Å². The Labute approximate surface area is 157 Å². The van der Waals surface area contributed by atoms with E-state index in [2.05, 4.69) is 47.1 Å². The molecule has 1 aromatic rings. The summed E-state index contributed by atoms with van der Waals surface area (Å²) in [6.45, 7) is 2.33. The van der Waals surface area contributed by atoms with Crippen molar-refractivity contribution in [2.24, 2.45) is 11.8 Å². The maximum Gasteiger partial charge on any atom is 0.0175 e. The van der Waals surface area contributed by atoms with E-state index in [0.717, 1.165) is 11.8 Å². The zero-order valence-corrected chi connectivity index (χ0v) is 17.1. The maximum absolute atomic E-state index is 3.61. The van der Waals surface area contributed by atoms with Crippen molar-refractivity contribution in [2.45, 2.75) is 95.8 Å². The van der Waals surface area contributed by atoms with E-state index in [-0.39, 0.29) is 0 Å². The third kappa shape index (κ3) is 4.45. The van der Waals surface area contributed by atoms with Gasteiger partial charge in [0.05, 0.1) is 0 Å². The number of unbranched alkanes of at least 4 members (excludes halogenated alkanes) is 2. The zero-order chi connectivity index (χ0) is 16.8. The quantitative estimate of drug-likeness (QED) is 0.431. The molecule has 2 aliphatic carbocycles. The van der Waals surface area contributed by atoms with Gasteiger partial charge in [0.2, 0.25) is 0 Å². The molecule has 0 bridgehead atoms. The largest absolute Gasteiger partial charge is 0.0654 e. The van der Waals surface area contributed by atoms with E-state index >= 15 is 0 Å². The van der Waals surface area contributed by atoms with Gasteiger partial charge in [0.15, 0.2) is 0 Å². The van der Waals surface area contributed by atoms with Crippen LogP contribution in [-0.2, 0) is 5.41 Å². The Morgan fingerprint density at radius 1 is 0.875 bits per heavy atom. The molecule has 1 heteroatoms. The first kappa shape index (κ1) is 18.5. The molecule has 24 heavy (non-hydrogen) atoms. The molecule has 0 unspecified atom stereocenters. The van der Waals surface area contributed by atoms with Crippen LogP contribution in [0.1, 0.15) is 96.0 Å². The highest BCUT2D eigenvalue weighted by Crippen LogP contribution is 2.48. The van der Waals surface area contributed by atoms with Gasteiger partial charge in [-0.15, -0.1) is 0 Å². The second-order valence-electron chi connectivity index (χ2n) is 8.48. The highest BCUT2D eigenvalue weighted by Gasteiger charge is 2.38. The fourth-order valence-electron chi connectivity index (χ4n) is 5.47. The monoisotopic (exact) mass is 390 g/mol. The molecule has 0 heterocycles. The molecule has 0 N–H and O–H groups in total.